The van der Waals surface area contributed by atoms with E-state index in [2.05, 4.69) is 35.2 Å². The Kier molecular flexibility index (Phi) is 4.84. The third kappa shape index (κ3) is 3.44. The molecular formula is C26H23NO2. The minimum Gasteiger partial charge on any atom is -0.379 e. The van der Waals surface area contributed by atoms with Crippen LogP contribution >= 0.6 is 0 Å². The number of rotatable bonds is 4. The second kappa shape index (κ2) is 7.78. The van der Waals surface area contributed by atoms with Crippen LogP contribution in [0.4, 0.5) is 0 Å². The first-order valence-electron chi connectivity index (χ1n) is 10.1. The quantitative estimate of drug-likeness (QED) is 0.658. The summed E-state index contributed by atoms with van der Waals surface area (Å²) < 4.78 is 5.44. The molecule has 1 fully saturated rings. The molecule has 0 spiro atoms. The van der Waals surface area contributed by atoms with Crippen LogP contribution in [0, 0.1) is 0 Å². The second-order valence-electron chi connectivity index (χ2n) is 7.58. The number of ketones is 1. The topological polar surface area (TPSA) is 29.5 Å². The van der Waals surface area contributed by atoms with Gasteiger partial charge in [0, 0.05) is 36.3 Å². The molecule has 0 atom stereocenters. The number of fused-ring (bicyclic) bond motifs is 1. The SMILES string of the molecule is O=C1C(c2ccccc2)=C(c2ccc(CN3CCOCC3)cc2)c2ccccc21. The zero-order chi connectivity index (χ0) is 19.6. The van der Waals surface area contributed by atoms with E-state index in [9.17, 15) is 4.79 Å². The van der Waals surface area contributed by atoms with Crippen LogP contribution in [-0.2, 0) is 11.3 Å². The lowest BCUT2D eigenvalue weighted by atomic mass is 9.93. The molecule has 3 nitrogen and oxygen atoms in total. The maximum absolute atomic E-state index is 13.2. The van der Waals surface area contributed by atoms with Gasteiger partial charge in [0.25, 0.3) is 0 Å². The van der Waals surface area contributed by atoms with E-state index in [-0.39, 0.29) is 5.78 Å². The van der Waals surface area contributed by atoms with Crippen LogP contribution in [0.2, 0.25) is 0 Å². The molecule has 3 aromatic rings. The van der Waals surface area contributed by atoms with E-state index in [1.165, 1.54) is 5.56 Å². The number of ether oxygens (including phenoxy) is 1. The van der Waals surface area contributed by atoms with Gasteiger partial charge in [-0.3, -0.25) is 9.69 Å². The predicted molar refractivity (Wildman–Crippen MR) is 116 cm³/mol. The minimum absolute atomic E-state index is 0.110. The summed E-state index contributed by atoms with van der Waals surface area (Å²) in [5.41, 5.74) is 7.00. The van der Waals surface area contributed by atoms with Crippen molar-refractivity contribution in [3.05, 3.63) is 107 Å². The van der Waals surface area contributed by atoms with E-state index in [0.717, 1.165) is 66.2 Å². The van der Waals surface area contributed by atoms with Crippen LogP contribution in [0.15, 0.2) is 78.9 Å². The highest BCUT2D eigenvalue weighted by molar-refractivity contribution is 6.41. The lowest BCUT2D eigenvalue weighted by molar-refractivity contribution is 0.0342. The molecule has 29 heavy (non-hydrogen) atoms. The molecule has 0 saturated carbocycles. The average molecular weight is 381 g/mol. The maximum atomic E-state index is 13.2. The van der Waals surface area contributed by atoms with Gasteiger partial charge in [0.2, 0.25) is 0 Å². The van der Waals surface area contributed by atoms with Gasteiger partial charge in [0.1, 0.15) is 0 Å². The van der Waals surface area contributed by atoms with Gasteiger partial charge in [-0.25, -0.2) is 0 Å². The lowest BCUT2D eigenvalue weighted by Gasteiger charge is -2.26. The molecule has 2 aliphatic rings. The molecule has 5 rings (SSSR count). The van der Waals surface area contributed by atoms with Gasteiger partial charge in [0.15, 0.2) is 5.78 Å². The fourth-order valence-electron chi connectivity index (χ4n) is 4.26. The number of benzene rings is 3. The van der Waals surface area contributed by atoms with Crippen molar-refractivity contribution in [1.82, 2.24) is 4.90 Å². The number of Topliss-reactive ketones (excluding diaryl/α,β-unsaturated/α-hetero) is 1. The predicted octanol–water partition coefficient (Wildman–Crippen LogP) is 4.67. The van der Waals surface area contributed by atoms with Crippen LogP contribution in [0.3, 0.4) is 0 Å². The van der Waals surface area contributed by atoms with Crippen molar-refractivity contribution in [3.8, 4) is 0 Å². The van der Waals surface area contributed by atoms with Crippen molar-refractivity contribution in [2.24, 2.45) is 0 Å². The summed E-state index contributed by atoms with van der Waals surface area (Å²) in [6.07, 6.45) is 0. The number of hydrogen-bond acceptors (Lipinski definition) is 3. The number of carbonyl (C=O) groups is 1. The van der Waals surface area contributed by atoms with Crippen LogP contribution in [0.25, 0.3) is 11.1 Å². The molecule has 144 valence electrons. The fraction of sp³-hybridized carbons (Fsp3) is 0.192. The van der Waals surface area contributed by atoms with Crippen LogP contribution in [-0.4, -0.2) is 37.0 Å². The van der Waals surface area contributed by atoms with E-state index >= 15 is 0 Å². The van der Waals surface area contributed by atoms with Crippen molar-refractivity contribution in [1.29, 1.82) is 0 Å². The van der Waals surface area contributed by atoms with Crippen molar-refractivity contribution in [2.75, 3.05) is 26.3 Å². The molecule has 1 heterocycles. The summed E-state index contributed by atoms with van der Waals surface area (Å²) in [7, 11) is 0. The van der Waals surface area contributed by atoms with Crippen molar-refractivity contribution < 1.29 is 9.53 Å². The Morgan fingerprint density at radius 3 is 2.03 bits per heavy atom. The molecule has 0 N–H and O–H groups in total. The molecule has 3 aromatic carbocycles. The summed E-state index contributed by atoms with van der Waals surface area (Å²) in [5.74, 6) is 0.110. The zero-order valence-corrected chi connectivity index (χ0v) is 16.3. The summed E-state index contributed by atoms with van der Waals surface area (Å²) >= 11 is 0. The van der Waals surface area contributed by atoms with E-state index in [1.54, 1.807) is 0 Å². The summed E-state index contributed by atoms with van der Waals surface area (Å²) in [6, 6.07) is 26.6. The first-order valence-corrected chi connectivity index (χ1v) is 10.1. The number of allylic oxidation sites excluding steroid dienone is 1. The van der Waals surface area contributed by atoms with E-state index in [1.807, 2.05) is 48.5 Å². The molecule has 0 amide bonds. The van der Waals surface area contributed by atoms with Gasteiger partial charge in [0.05, 0.1) is 13.2 Å². The summed E-state index contributed by atoms with van der Waals surface area (Å²) in [6.45, 7) is 4.51. The molecule has 0 unspecified atom stereocenters. The molecule has 0 bridgehead atoms. The van der Waals surface area contributed by atoms with E-state index in [0.29, 0.717) is 0 Å². The number of morpholine rings is 1. The zero-order valence-electron chi connectivity index (χ0n) is 16.3. The molecule has 3 heteroatoms. The van der Waals surface area contributed by atoms with E-state index in [4.69, 9.17) is 4.74 Å². The first kappa shape index (κ1) is 18.0. The number of carbonyl (C=O) groups excluding carboxylic acids is 1. The molecule has 1 aliphatic carbocycles. The normalized spacial score (nSPS) is 16.9. The summed E-state index contributed by atoms with van der Waals surface area (Å²) in [5, 5.41) is 0. The number of hydrogen-bond donors (Lipinski definition) is 0. The van der Waals surface area contributed by atoms with Crippen molar-refractivity contribution in [3.63, 3.8) is 0 Å². The second-order valence-corrected chi connectivity index (χ2v) is 7.58. The van der Waals surface area contributed by atoms with Crippen LogP contribution in [0.1, 0.15) is 32.6 Å². The third-order valence-electron chi connectivity index (χ3n) is 5.73. The highest BCUT2D eigenvalue weighted by atomic mass is 16.5. The largest absolute Gasteiger partial charge is 0.379 e. The fourth-order valence-corrected chi connectivity index (χ4v) is 4.26. The highest BCUT2D eigenvalue weighted by Crippen LogP contribution is 2.42. The standard InChI is InChI=1S/C26H23NO2/c28-26-23-9-5-4-8-22(23)24(25(26)20-6-2-1-3-7-20)21-12-10-19(11-13-21)18-27-14-16-29-17-15-27/h1-13H,14-18H2. The van der Waals surface area contributed by atoms with Gasteiger partial charge in [-0.2, -0.15) is 0 Å². The maximum Gasteiger partial charge on any atom is 0.194 e. The van der Waals surface area contributed by atoms with Gasteiger partial charge in [-0.15, -0.1) is 0 Å². The smallest absolute Gasteiger partial charge is 0.194 e. The molecular weight excluding hydrogens is 358 g/mol. The van der Waals surface area contributed by atoms with Crippen molar-refractivity contribution >= 4 is 16.9 Å². The molecule has 0 radical (unpaired) electrons. The highest BCUT2D eigenvalue weighted by Gasteiger charge is 2.30. The molecule has 0 aromatic heterocycles. The Labute approximate surface area is 171 Å². The number of nitrogens with zero attached hydrogens (tertiary/aromatic N) is 1. The van der Waals surface area contributed by atoms with Crippen molar-refractivity contribution in [2.45, 2.75) is 6.54 Å². The molecule has 1 saturated heterocycles. The Morgan fingerprint density at radius 1 is 0.690 bits per heavy atom. The lowest BCUT2D eigenvalue weighted by Crippen LogP contribution is -2.35. The minimum atomic E-state index is 0.110. The average Bonchev–Trinajstić information content (AvgIpc) is 3.08. The molecule has 1 aliphatic heterocycles. The van der Waals surface area contributed by atoms with Gasteiger partial charge in [-0.1, -0.05) is 78.9 Å². The monoisotopic (exact) mass is 381 g/mol. The van der Waals surface area contributed by atoms with E-state index < -0.39 is 0 Å². The van der Waals surface area contributed by atoms with Gasteiger partial charge in [-0.05, 0) is 22.3 Å². The van der Waals surface area contributed by atoms with Gasteiger partial charge >= 0.3 is 0 Å². The Morgan fingerprint density at radius 2 is 1.31 bits per heavy atom. The van der Waals surface area contributed by atoms with Gasteiger partial charge < -0.3 is 4.74 Å². The Hall–Kier alpha value is -3.01. The first-order chi connectivity index (χ1) is 14.3. The summed E-state index contributed by atoms with van der Waals surface area (Å²) in [4.78, 5) is 15.7. The van der Waals surface area contributed by atoms with Crippen LogP contribution in [0.5, 0.6) is 0 Å². The Bertz CT molecular complexity index is 1060. The third-order valence-corrected chi connectivity index (χ3v) is 5.73. The van der Waals surface area contributed by atoms with Crippen LogP contribution < -0.4 is 0 Å². The Balaban J connectivity index is 1.54.